The monoisotopic (exact) mass is 472 g/mol. The number of aromatic nitrogens is 1. The highest BCUT2D eigenvalue weighted by Gasteiger charge is 2.43. The number of para-hydroxylation sites is 2. The number of thiocarbonyl (C=S) groups is 1. The zero-order chi connectivity index (χ0) is 23.7. The van der Waals surface area contributed by atoms with Crippen LogP contribution in [-0.4, -0.2) is 22.1 Å². The van der Waals surface area contributed by atoms with Crippen LogP contribution in [0.3, 0.4) is 0 Å². The number of non-ortho nitro benzene ring substituents is 1. The number of pyridine rings is 1. The van der Waals surface area contributed by atoms with Crippen LogP contribution in [0.25, 0.3) is 11.3 Å². The molecule has 4 aromatic rings. The fourth-order valence-electron chi connectivity index (χ4n) is 4.15. The Kier molecular flexibility index (Phi) is 5.69. The van der Waals surface area contributed by atoms with Gasteiger partial charge in [-0.05, 0) is 60.7 Å². The van der Waals surface area contributed by atoms with E-state index in [1.807, 2.05) is 59.5 Å². The van der Waals surface area contributed by atoms with Crippen LogP contribution in [-0.2, 0) is 0 Å². The first-order valence-corrected chi connectivity index (χ1v) is 11.0. The van der Waals surface area contributed by atoms with Gasteiger partial charge in [-0.15, -0.1) is 0 Å². The average molecular weight is 473 g/mol. The van der Waals surface area contributed by atoms with E-state index < -0.39 is 4.92 Å². The molecule has 0 aliphatic carbocycles. The third-order valence-corrected chi connectivity index (χ3v) is 6.04. The summed E-state index contributed by atoms with van der Waals surface area (Å²) in [6, 6.07) is 22.8. The van der Waals surface area contributed by atoms with Gasteiger partial charge < -0.3 is 19.4 Å². The van der Waals surface area contributed by atoms with Crippen molar-refractivity contribution in [2.24, 2.45) is 0 Å². The van der Waals surface area contributed by atoms with Crippen LogP contribution in [0.2, 0.25) is 0 Å². The number of hydrogen-bond donors (Lipinski definition) is 1. The quantitative estimate of drug-likeness (QED) is 0.225. The van der Waals surface area contributed by atoms with Crippen LogP contribution in [0.15, 0.2) is 89.5 Å². The molecule has 0 radical (unpaired) electrons. The summed E-state index contributed by atoms with van der Waals surface area (Å²) in [7, 11) is 1.62. The summed E-state index contributed by atoms with van der Waals surface area (Å²) in [4.78, 5) is 17.1. The summed E-state index contributed by atoms with van der Waals surface area (Å²) >= 11 is 5.75. The van der Waals surface area contributed by atoms with Gasteiger partial charge in [0.1, 0.15) is 23.3 Å². The summed E-state index contributed by atoms with van der Waals surface area (Å²) in [5.74, 6) is 1.95. The molecule has 1 aliphatic heterocycles. The maximum Gasteiger partial charge on any atom is 0.269 e. The Morgan fingerprint density at radius 3 is 2.53 bits per heavy atom. The smallest absolute Gasteiger partial charge is 0.269 e. The lowest BCUT2D eigenvalue weighted by Crippen LogP contribution is -2.29. The second-order valence-electron chi connectivity index (χ2n) is 7.67. The van der Waals surface area contributed by atoms with Crippen molar-refractivity contribution < 1.29 is 14.1 Å². The van der Waals surface area contributed by atoms with Crippen molar-refractivity contribution in [2.45, 2.75) is 12.1 Å². The van der Waals surface area contributed by atoms with Gasteiger partial charge >= 0.3 is 0 Å². The summed E-state index contributed by atoms with van der Waals surface area (Å²) in [5, 5.41) is 14.9. The van der Waals surface area contributed by atoms with Crippen molar-refractivity contribution in [3.05, 3.63) is 107 Å². The Morgan fingerprint density at radius 1 is 1.06 bits per heavy atom. The molecule has 2 aromatic carbocycles. The molecule has 1 saturated heterocycles. The minimum absolute atomic E-state index is 0.0263. The molecule has 2 aromatic heterocycles. The molecule has 34 heavy (non-hydrogen) atoms. The fourth-order valence-corrected chi connectivity index (χ4v) is 4.49. The molecule has 9 heteroatoms. The Balaban J connectivity index is 1.59. The number of methoxy groups -OCH3 is 1. The van der Waals surface area contributed by atoms with Gasteiger partial charge in [0.25, 0.3) is 5.69 Å². The molecule has 0 spiro atoms. The lowest BCUT2D eigenvalue weighted by atomic mass is 10.0. The number of benzene rings is 2. The van der Waals surface area contributed by atoms with E-state index in [0.29, 0.717) is 22.4 Å². The predicted octanol–water partition coefficient (Wildman–Crippen LogP) is 5.44. The van der Waals surface area contributed by atoms with E-state index in [-0.39, 0.29) is 17.8 Å². The molecule has 8 nitrogen and oxygen atoms in total. The number of hydrogen-bond acceptors (Lipinski definition) is 6. The van der Waals surface area contributed by atoms with Crippen LogP contribution >= 0.6 is 12.2 Å². The van der Waals surface area contributed by atoms with E-state index in [4.69, 9.17) is 21.4 Å². The van der Waals surface area contributed by atoms with Gasteiger partial charge in [0.15, 0.2) is 5.11 Å². The second-order valence-corrected chi connectivity index (χ2v) is 8.06. The van der Waals surface area contributed by atoms with Gasteiger partial charge in [-0.2, -0.15) is 0 Å². The maximum atomic E-state index is 11.0. The number of nitro groups is 1. The van der Waals surface area contributed by atoms with Crippen molar-refractivity contribution in [3.63, 3.8) is 0 Å². The molecule has 1 N–H and O–H groups in total. The first-order chi connectivity index (χ1) is 16.6. The first-order valence-electron chi connectivity index (χ1n) is 10.5. The third-order valence-electron chi connectivity index (χ3n) is 5.72. The molecular weight excluding hydrogens is 452 g/mol. The summed E-state index contributed by atoms with van der Waals surface area (Å²) in [6.45, 7) is 0. The highest BCUT2D eigenvalue weighted by Crippen LogP contribution is 2.45. The lowest BCUT2D eigenvalue weighted by molar-refractivity contribution is -0.384. The van der Waals surface area contributed by atoms with Gasteiger partial charge in [-0.25, -0.2) is 0 Å². The maximum absolute atomic E-state index is 11.0. The molecule has 0 saturated carbocycles. The van der Waals surface area contributed by atoms with Crippen molar-refractivity contribution in [3.8, 4) is 17.1 Å². The van der Waals surface area contributed by atoms with Gasteiger partial charge in [0.2, 0.25) is 0 Å². The highest BCUT2D eigenvalue weighted by molar-refractivity contribution is 7.80. The Labute approximate surface area is 201 Å². The summed E-state index contributed by atoms with van der Waals surface area (Å²) in [5.41, 5.74) is 2.39. The van der Waals surface area contributed by atoms with Crippen LogP contribution in [0.4, 0.5) is 11.4 Å². The van der Waals surface area contributed by atoms with Crippen LogP contribution in [0, 0.1) is 10.1 Å². The number of ether oxygens (including phenoxy) is 1. The fraction of sp³-hybridized carbons (Fsp3) is 0.120. The van der Waals surface area contributed by atoms with Gasteiger partial charge in [0.05, 0.1) is 29.5 Å². The Hall–Kier alpha value is -4.24. The summed E-state index contributed by atoms with van der Waals surface area (Å²) in [6.07, 6.45) is 1.74. The number of nitrogens with one attached hydrogen (secondary N) is 1. The van der Waals surface area contributed by atoms with Crippen molar-refractivity contribution in [1.82, 2.24) is 10.3 Å². The Morgan fingerprint density at radius 2 is 1.82 bits per heavy atom. The van der Waals surface area contributed by atoms with Crippen LogP contribution in [0.5, 0.6) is 5.75 Å². The molecule has 5 rings (SSSR count). The van der Waals surface area contributed by atoms with Gasteiger partial charge in [-0.3, -0.25) is 15.1 Å². The molecule has 0 bridgehead atoms. The molecule has 1 aliphatic rings. The number of anilines is 1. The minimum Gasteiger partial charge on any atom is -0.495 e. The Bertz CT molecular complexity index is 1340. The average Bonchev–Trinajstić information content (AvgIpc) is 3.49. The van der Waals surface area contributed by atoms with E-state index in [2.05, 4.69) is 10.3 Å². The van der Waals surface area contributed by atoms with Crippen LogP contribution < -0.4 is 15.0 Å². The van der Waals surface area contributed by atoms with Gasteiger partial charge in [-0.1, -0.05) is 18.2 Å². The zero-order valence-electron chi connectivity index (χ0n) is 18.1. The molecule has 2 atom stereocenters. The van der Waals surface area contributed by atoms with E-state index >= 15 is 0 Å². The predicted molar refractivity (Wildman–Crippen MR) is 132 cm³/mol. The highest BCUT2D eigenvalue weighted by atomic mass is 32.1. The number of nitro benzene ring substituents is 1. The minimum atomic E-state index is -0.426. The first kappa shape index (κ1) is 21.6. The normalized spacial score (nSPS) is 17.4. The van der Waals surface area contributed by atoms with Crippen LogP contribution in [0.1, 0.15) is 23.5 Å². The molecule has 170 valence electrons. The molecule has 0 unspecified atom stereocenters. The van der Waals surface area contributed by atoms with E-state index in [0.717, 1.165) is 16.9 Å². The lowest BCUT2D eigenvalue weighted by Gasteiger charge is -2.27. The zero-order valence-corrected chi connectivity index (χ0v) is 18.9. The molecule has 3 heterocycles. The van der Waals surface area contributed by atoms with Gasteiger partial charge in [0, 0.05) is 23.9 Å². The molecule has 0 amide bonds. The SMILES string of the molecule is COc1ccccc1N1C(=S)N[C@@H](c2ccccn2)[C@H]1c1ccc(-c2ccc([N+](=O)[O-])cc2)o1. The van der Waals surface area contributed by atoms with E-state index in [1.165, 1.54) is 12.1 Å². The molecule has 1 fully saturated rings. The second kappa shape index (κ2) is 8.95. The number of rotatable bonds is 6. The van der Waals surface area contributed by atoms with Crippen molar-refractivity contribution >= 4 is 28.7 Å². The standard InChI is InChI=1S/C25H20N4O4S/c1-32-21-8-3-2-7-19(21)28-24(23(27-25(28)34)18-6-4-5-15-26-18)22-14-13-20(33-22)16-9-11-17(12-10-16)29(30)31/h2-15,23-24H,1H3,(H,27,34)/t23-,24+/m0/s1. The van der Waals surface area contributed by atoms with Crippen molar-refractivity contribution in [1.29, 1.82) is 0 Å². The summed E-state index contributed by atoms with van der Waals surface area (Å²) < 4.78 is 11.9. The van der Waals surface area contributed by atoms with E-state index in [9.17, 15) is 10.1 Å². The largest absolute Gasteiger partial charge is 0.495 e. The number of nitrogens with zero attached hydrogens (tertiary/aromatic N) is 3. The van der Waals surface area contributed by atoms with E-state index in [1.54, 1.807) is 25.4 Å². The molecular formula is C25H20N4O4S. The topological polar surface area (TPSA) is 93.7 Å². The third kappa shape index (κ3) is 3.86. The van der Waals surface area contributed by atoms with Crippen molar-refractivity contribution in [2.75, 3.05) is 12.0 Å². The number of furan rings is 1.